The Balaban J connectivity index is 2.28. The van der Waals surface area contributed by atoms with Crippen molar-refractivity contribution in [2.24, 2.45) is 5.92 Å². The lowest BCUT2D eigenvalue weighted by Gasteiger charge is -2.14. The minimum Gasteiger partial charge on any atom is -0.316 e. The summed E-state index contributed by atoms with van der Waals surface area (Å²) in [5.74, 6) is 0.266. The van der Waals surface area contributed by atoms with Crippen molar-refractivity contribution in [3.8, 4) is 0 Å². The summed E-state index contributed by atoms with van der Waals surface area (Å²) < 4.78 is 12.7. The Labute approximate surface area is 62.0 Å². The lowest BCUT2D eigenvalue weighted by atomic mass is 9.99. The van der Waals surface area contributed by atoms with E-state index in [0.29, 0.717) is 0 Å². The molecular formula is C8H16FN. The average molecular weight is 145 g/mol. The predicted molar refractivity (Wildman–Crippen MR) is 40.8 cm³/mol. The standard InChI is InChI=1S/C8H16FN/c1-7(9)8-4-2-3-5-10-6-8/h7-8,10H,2-6H2,1H3. The second-order valence-corrected chi connectivity index (χ2v) is 3.14. The molecule has 0 saturated carbocycles. The van der Waals surface area contributed by atoms with Crippen LogP contribution in [-0.2, 0) is 0 Å². The van der Waals surface area contributed by atoms with Crippen molar-refractivity contribution in [1.82, 2.24) is 5.32 Å². The molecule has 0 amide bonds. The average Bonchev–Trinajstić information content (AvgIpc) is 2.12. The maximum absolute atomic E-state index is 12.7. The van der Waals surface area contributed by atoms with Crippen LogP contribution in [0.15, 0.2) is 0 Å². The van der Waals surface area contributed by atoms with Crippen molar-refractivity contribution >= 4 is 0 Å². The first-order chi connectivity index (χ1) is 4.80. The zero-order chi connectivity index (χ0) is 7.40. The van der Waals surface area contributed by atoms with Crippen molar-refractivity contribution in [2.45, 2.75) is 32.4 Å². The fourth-order valence-electron chi connectivity index (χ4n) is 1.44. The molecule has 0 aromatic rings. The first-order valence-electron chi connectivity index (χ1n) is 4.15. The molecule has 1 saturated heterocycles. The second kappa shape index (κ2) is 3.91. The third kappa shape index (κ3) is 2.25. The van der Waals surface area contributed by atoms with Gasteiger partial charge >= 0.3 is 0 Å². The highest BCUT2D eigenvalue weighted by Gasteiger charge is 2.17. The van der Waals surface area contributed by atoms with Gasteiger partial charge in [-0.25, -0.2) is 4.39 Å². The quantitative estimate of drug-likeness (QED) is 0.592. The third-order valence-corrected chi connectivity index (χ3v) is 2.23. The van der Waals surface area contributed by atoms with E-state index in [1.807, 2.05) is 0 Å². The van der Waals surface area contributed by atoms with Crippen molar-refractivity contribution in [1.29, 1.82) is 0 Å². The molecule has 2 unspecified atom stereocenters. The maximum Gasteiger partial charge on any atom is 0.101 e. The third-order valence-electron chi connectivity index (χ3n) is 2.23. The van der Waals surface area contributed by atoms with E-state index in [1.165, 1.54) is 12.8 Å². The van der Waals surface area contributed by atoms with Gasteiger partial charge in [-0.1, -0.05) is 6.42 Å². The van der Waals surface area contributed by atoms with Crippen LogP contribution in [0.4, 0.5) is 4.39 Å². The van der Waals surface area contributed by atoms with Crippen LogP contribution in [0, 0.1) is 5.92 Å². The summed E-state index contributed by atoms with van der Waals surface area (Å²) in [5, 5.41) is 3.24. The number of hydrogen-bond donors (Lipinski definition) is 1. The van der Waals surface area contributed by atoms with Gasteiger partial charge in [0.1, 0.15) is 6.17 Å². The molecule has 2 heteroatoms. The van der Waals surface area contributed by atoms with Crippen LogP contribution >= 0.6 is 0 Å². The molecule has 0 aliphatic carbocycles. The van der Waals surface area contributed by atoms with Gasteiger partial charge in [-0.2, -0.15) is 0 Å². The van der Waals surface area contributed by atoms with E-state index in [2.05, 4.69) is 5.32 Å². The Kier molecular flexibility index (Phi) is 3.13. The lowest BCUT2D eigenvalue weighted by Crippen LogP contribution is -2.25. The molecule has 0 bridgehead atoms. The molecule has 1 aliphatic heterocycles. The van der Waals surface area contributed by atoms with E-state index in [1.54, 1.807) is 6.92 Å². The molecule has 10 heavy (non-hydrogen) atoms. The van der Waals surface area contributed by atoms with Crippen LogP contribution in [-0.4, -0.2) is 19.3 Å². The Morgan fingerprint density at radius 2 is 2.30 bits per heavy atom. The zero-order valence-electron chi connectivity index (χ0n) is 6.57. The summed E-state index contributed by atoms with van der Waals surface area (Å²) in [6.07, 6.45) is 2.82. The highest BCUT2D eigenvalue weighted by molar-refractivity contribution is 4.71. The number of rotatable bonds is 1. The van der Waals surface area contributed by atoms with E-state index in [-0.39, 0.29) is 5.92 Å². The molecule has 1 heterocycles. The van der Waals surface area contributed by atoms with Gasteiger partial charge in [0.25, 0.3) is 0 Å². The van der Waals surface area contributed by atoms with Crippen LogP contribution in [0.5, 0.6) is 0 Å². The van der Waals surface area contributed by atoms with E-state index >= 15 is 0 Å². The van der Waals surface area contributed by atoms with E-state index in [4.69, 9.17) is 0 Å². The Morgan fingerprint density at radius 1 is 1.50 bits per heavy atom. The number of hydrogen-bond acceptors (Lipinski definition) is 1. The minimum absolute atomic E-state index is 0.266. The minimum atomic E-state index is -0.634. The molecule has 0 aromatic heterocycles. The van der Waals surface area contributed by atoms with Gasteiger partial charge in [0.15, 0.2) is 0 Å². The van der Waals surface area contributed by atoms with Gasteiger partial charge in [-0.05, 0) is 26.3 Å². The van der Waals surface area contributed by atoms with E-state index in [0.717, 1.165) is 19.5 Å². The van der Waals surface area contributed by atoms with Crippen LogP contribution in [0.25, 0.3) is 0 Å². The Morgan fingerprint density at radius 3 is 3.00 bits per heavy atom. The largest absolute Gasteiger partial charge is 0.316 e. The molecule has 0 radical (unpaired) electrons. The molecular weight excluding hydrogens is 129 g/mol. The molecule has 1 fully saturated rings. The molecule has 2 atom stereocenters. The van der Waals surface area contributed by atoms with Crippen LogP contribution < -0.4 is 5.32 Å². The normalized spacial score (nSPS) is 31.2. The molecule has 1 rings (SSSR count). The van der Waals surface area contributed by atoms with Crippen molar-refractivity contribution < 1.29 is 4.39 Å². The van der Waals surface area contributed by atoms with Crippen LogP contribution in [0.3, 0.4) is 0 Å². The van der Waals surface area contributed by atoms with Gasteiger partial charge in [-0.3, -0.25) is 0 Å². The molecule has 0 aromatic carbocycles. The van der Waals surface area contributed by atoms with Crippen molar-refractivity contribution in [3.63, 3.8) is 0 Å². The number of alkyl halides is 1. The lowest BCUT2D eigenvalue weighted by molar-refractivity contribution is 0.238. The monoisotopic (exact) mass is 145 g/mol. The summed E-state index contributed by atoms with van der Waals surface area (Å²) in [7, 11) is 0. The van der Waals surface area contributed by atoms with E-state index < -0.39 is 6.17 Å². The molecule has 1 aliphatic rings. The van der Waals surface area contributed by atoms with Crippen LogP contribution in [0.1, 0.15) is 26.2 Å². The topological polar surface area (TPSA) is 12.0 Å². The summed E-state index contributed by atoms with van der Waals surface area (Å²) in [4.78, 5) is 0. The smallest absolute Gasteiger partial charge is 0.101 e. The highest BCUT2D eigenvalue weighted by atomic mass is 19.1. The fourth-order valence-corrected chi connectivity index (χ4v) is 1.44. The summed E-state index contributed by atoms with van der Waals surface area (Å²) in [6, 6.07) is 0. The number of halogens is 1. The van der Waals surface area contributed by atoms with Crippen molar-refractivity contribution in [3.05, 3.63) is 0 Å². The molecule has 1 N–H and O–H groups in total. The summed E-state index contributed by atoms with van der Waals surface area (Å²) >= 11 is 0. The van der Waals surface area contributed by atoms with Crippen LogP contribution in [0.2, 0.25) is 0 Å². The predicted octanol–water partition coefficient (Wildman–Crippen LogP) is 1.73. The first-order valence-corrected chi connectivity index (χ1v) is 4.15. The zero-order valence-corrected chi connectivity index (χ0v) is 6.57. The second-order valence-electron chi connectivity index (χ2n) is 3.14. The van der Waals surface area contributed by atoms with Gasteiger partial charge in [0.2, 0.25) is 0 Å². The molecule has 60 valence electrons. The Bertz CT molecular complexity index is 85.3. The Hall–Kier alpha value is -0.110. The van der Waals surface area contributed by atoms with E-state index in [9.17, 15) is 4.39 Å². The van der Waals surface area contributed by atoms with Gasteiger partial charge in [-0.15, -0.1) is 0 Å². The fraction of sp³-hybridized carbons (Fsp3) is 1.00. The first kappa shape index (κ1) is 7.99. The summed E-state index contributed by atoms with van der Waals surface area (Å²) in [6.45, 7) is 3.61. The highest BCUT2D eigenvalue weighted by Crippen LogP contribution is 2.16. The van der Waals surface area contributed by atoms with Crippen molar-refractivity contribution in [2.75, 3.05) is 13.1 Å². The SMILES string of the molecule is CC(F)C1CCCCNC1. The van der Waals surface area contributed by atoms with Gasteiger partial charge < -0.3 is 5.32 Å². The summed E-state index contributed by atoms with van der Waals surface area (Å²) in [5.41, 5.74) is 0. The maximum atomic E-state index is 12.7. The van der Waals surface area contributed by atoms with Gasteiger partial charge in [0, 0.05) is 12.5 Å². The molecule has 1 nitrogen and oxygen atoms in total. The van der Waals surface area contributed by atoms with Gasteiger partial charge in [0.05, 0.1) is 0 Å². The number of nitrogens with one attached hydrogen (secondary N) is 1. The molecule has 0 spiro atoms.